The smallest absolute Gasteiger partial charge is 0.255 e. The summed E-state index contributed by atoms with van der Waals surface area (Å²) in [6.07, 6.45) is 1.02. The van der Waals surface area contributed by atoms with Gasteiger partial charge in [-0.1, -0.05) is 12.1 Å². The van der Waals surface area contributed by atoms with Crippen molar-refractivity contribution >= 4 is 11.6 Å². The first kappa shape index (κ1) is 10.0. The fraction of sp³-hybridized carbons (Fsp3) is 0.417. The number of carbonyl (C=O) groups is 1. The van der Waals surface area contributed by atoms with Crippen molar-refractivity contribution in [2.24, 2.45) is 0 Å². The van der Waals surface area contributed by atoms with Crippen molar-refractivity contribution in [2.75, 3.05) is 32.1 Å². The molecule has 3 heteroatoms. The average Bonchev–Trinajstić information content (AvgIpc) is 2.26. The second kappa shape index (κ2) is 3.93. The number of hydrogen-bond donors (Lipinski definition) is 0. The molecule has 3 nitrogen and oxygen atoms in total. The number of nitrogens with zero attached hydrogens (tertiary/aromatic N) is 2. The molecule has 0 radical (unpaired) electrons. The predicted molar refractivity (Wildman–Crippen MR) is 61.3 cm³/mol. The molecule has 1 aromatic carbocycles. The molecule has 0 bridgehead atoms. The maximum Gasteiger partial charge on any atom is 0.255 e. The van der Waals surface area contributed by atoms with Gasteiger partial charge in [-0.3, -0.25) is 4.79 Å². The molecule has 0 unspecified atom stereocenters. The zero-order valence-corrected chi connectivity index (χ0v) is 9.23. The second-order valence-electron chi connectivity index (χ2n) is 4.02. The predicted octanol–water partition coefficient (Wildman–Crippen LogP) is 1.60. The lowest BCUT2D eigenvalue weighted by Gasteiger charge is -2.28. The van der Waals surface area contributed by atoms with E-state index in [0.717, 1.165) is 30.8 Å². The van der Waals surface area contributed by atoms with Crippen LogP contribution in [0.15, 0.2) is 24.3 Å². The van der Waals surface area contributed by atoms with Crippen LogP contribution in [0.25, 0.3) is 0 Å². The molecular weight excluding hydrogens is 188 g/mol. The summed E-state index contributed by atoms with van der Waals surface area (Å²) in [7, 11) is 3.90. The molecule has 1 aromatic rings. The zero-order chi connectivity index (χ0) is 10.8. The van der Waals surface area contributed by atoms with Gasteiger partial charge in [-0.2, -0.15) is 0 Å². The minimum atomic E-state index is 0.122. The van der Waals surface area contributed by atoms with Gasteiger partial charge in [-0.25, -0.2) is 0 Å². The maximum absolute atomic E-state index is 12.0. The minimum absolute atomic E-state index is 0.122. The molecule has 1 aliphatic heterocycles. The molecule has 0 saturated carbocycles. The second-order valence-corrected chi connectivity index (χ2v) is 4.02. The molecule has 80 valence electrons. The van der Waals surface area contributed by atoms with Crippen LogP contribution in [0.1, 0.15) is 16.8 Å². The van der Waals surface area contributed by atoms with E-state index >= 15 is 0 Å². The van der Waals surface area contributed by atoms with Crippen molar-refractivity contribution in [3.63, 3.8) is 0 Å². The van der Waals surface area contributed by atoms with Crippen LogP contribution in [0.2, 0.25) is 0 Å². The molecular formula is C12H16N2O. The Labute approximate surface area is 90.3 Å². The molecule has 0 aliphatic carbocycles. The number of carbonyl (C=O) groups excluding carboxylic acids is 1. The quantitative estimate of drug-likeness (QED) is 0.641. The molecule has 2 rings (SSSR count). The van der Waals surface area contributed by atoms with Crippen molar-refractivity contribution in [3.05, 3.63) is 29.8 Å². The van der Waals surface area contributed by atoms with E-state index in [2.05, 4.69) is 4.90 Å². The monoisotopic (exact) mass is 204 g/mol. The summed E-state index contributed by atoms with van der Waals surface area (Å²) in [4.78, 5) is 16.0. The zero-order valence-electron chi connectivity index (χ0n) is 9.23. The summed E-state index contributed by atoms with van der Waals surface area (Å²) < 4.78 is 0. The maximum atomic E-state index is 12.0. The summed E-state index contributed by atoms with van der Waals surface area (Å²) in [5.74, 6) is 0.122. The summed E-state index contributed by atoms with van der Waals surface area (Å²) >= 11 is 0. The third-order valence-corrected chi connectivity index (χ3v) is 2.88. The fourth-order valence-electron chi connectivity index (χ4n) is 1.96. The molecule has 0 fully saturated rings. The first-order valence-corrected chi connectivity index (χ1v) is 5.26. The summed E-state index contributed by atoms with van der Waals surface area (Å²) in [6, 6.07) is 7.80. The van der Waals surface area contributed by atoms with Crippen molar-refractivity contribution in [3.8, 4) is 0 Å². The average molecular weight is 204 g/mol. The van der Waals surface area contributed by atoms with E-state index in [-0.39, 0.29) is 5.91 Å². The molecule has 0 spiro atoms. The molecule has 15 heavy (non-hydrogen) atoms. The van der Waals surface area contributed by atoms with Crippen molar-refractivity contribution in [2.45, 2.75) is 6.42 Å². The number of benzene rings is 1. The van der Waals surface area contributed by atoms with Gasteiger partial charge in [0.1, 0.15) is 0 Å². The molecule has 0 N–H and O–H groups in total. The van der Waals surface area contributed by atoms with Gasteiger partial charge in [-0.05, 0) is 18.6 Å². The Kier molecular flexibility index (Phi) is 2.62. The highest BCUT2D eigenvalue weighted by Crippen LogP contribution is 2.22. The van der Waals surface area contributed by atoms with Crippen molar-refractivity contribution < 1.29 is 4.79 Å². The van der Waals surface area contributed by atoms with Gasteiger partial charge >= 0.3 is 0 Å². The van der Waals surface area contributed by atoms with E-state index in [9.17, 15) is 4.79 Å². The van der Waals surface area contributed by atoms with E-state index in [4.69, 9.17) is 0 Å². The van der Waals surface area contributed by atoms with Crippen molar-refractivity contribution in [1.29, 1.82) is 0 Å². The van der Waals surface area contributed by atoms with Crippen LogP contribution in [-0.2, 0) is 0 Å². The van der Waals surface area contributed by atoms with Crippen LogP contribution in [-0.4, -0.2) is 38.0 Å². The lowest BCUT2D eigenvalue weighted by Crippen LogP contribution is -2.35. The van der Waals surface area contributed by atoms with E-state index in [0.29, 0.717) is 0 Å². The Bertz CT molecular complexity index is 376. The van der Waals surface area contributed by atoms with E-state index in [1.807, 2.05) is 38.4 Å². The number of fused-ring (bicyclic) bond motifs is 1. The van der Waals surface area contributed by atoms with Crippen molar-refractivity contribution in [1.82, 2.24) is 4.90 Å². The Morgan fingerprint density at radius 1 is 1.07 bits per heavy atom. The lowest BCUT2D eigenvalue weighted by atomic mass is 10.1. The number of para-hydroxylation sites is 1. The van der Waals surface area contributed by atoms with Crippen LogP contribution < -0.4 is 4.90 Å². The topological polar surface area (TPSA) is 23.6 Å². The number of rotatable bonds is 0. The Morgan fingerprint density at radius 3 is 2.53 bits per heavy atom. The van der Waals surface area contributed by atoms with Crippen LogP contribution in [0.4, 0.5) is 5.69 Å². The van der Waals surface area contributed by atoms with Crippen LogP contribution in [0.5, 0.6) is 0 Å². The van der Waals surface area contributed by atoms with Gasteiger partial charge in [0.05, 0.1) is 5.56 Å². The third-order valence-electron chi connectivity index (χ3n) is 2.88. The first-order valence-electron chi connectivity index (χ1n) is 5.26. The normalized spacial score (nSPS) is 17.1. The minimum Gasteiger partial charge on any atom is -0.374 e. The van der Waals surface area contributed by atoms with Crippen LogP contribution in [0.3, 0.4) is 0 Å². The lowest BCUT2D eigenvalue weighted by molar-refractivity contribution is 0.0792. The number of anilines is 1. The van der Waals surface area contributed by atoms with Gasteiger partial charge in [0, 0.05) is 32.9 Å². The summed E-state index contributed by atoms with van der Waals surface area (Å²) in [6.45, 7) is 1.83. The molecule has 0 atom stereocenters. The molecule has 0 aromatic heterocycles. The Hall–Kier alpha value is -1.51. The number of hydrogen-bond acceptors (Lipinski definition) is 2. The summed E-state index contributed by atoms with van der Waals surface area (Å²) in [5.41, 5.74) is 1.84. The van der Waals surface area contributed by atoms with Gasteiger partial charge in [0.25, 0.3) is 5.91 Å². The standard InChI is InChI=1S/C12H16N2O/c1-13-8-5-9-14(2)12(15)10-6-3-4-7-11(10)13/h3-4,6-7H,5,8-9H2,1-2H3. The fourth-order valence-corrected chi connectivity index (χ4v) is 1.96. The highest BCUT2D eigenvalue weighted by molar-refractivity contribution is 5.99. The molecule has 1 heterocycles. The Morgan fingerprint density at radius 2 is 1.73 bits per heavy atom. The van der Waals surface area contributed by atoms with Gasteiger partial charge < -0.3 is 9.80 Å². The van der Waals surface area contributed by atoms with E-state index in [1.165, 1.54) is 0 Å². The highest BCUT2D eigenvalue weighted by Gasteiger charge is 2.19. The highest BCUT2D eigenvalue weighted by atomic mass is 16.2. The number of amides is 1. The van der Waals surface area contributed by atoms with Gasteiger partial charge in [-0.15, -0.1) is 0 Å². The largest absolute Gasteiger partial charge is 0.374 e. The van der Waals surface area contributed by atoms with Crippen LogP contribution in [0, 0.1) is 0 Å². The van der Waals surface area contributed by atoms with Gasteiger partial charge in [0.2, 0.25) is 0 Å². The van der Waals surface area contributed by atoms with Gasteiger partial charge in [0.15, 0.2) is 0 Å². The van der Waals surface area contributed by atoms with Crippen LogP contribution >= 0.6 is 0 Å². The van der Waals surface area contributed by atoms with E-state index in [1.54, 1.807) is 4.90 Å². The first-order chi connectivity index (χ1) is 7.20. The molecule has 1 amide bonds. The SMILES string of the molecule is CN1CCCN(C)c2ccccc2C1=O. The molecule has 1 aliphatic rings. The third kappa shape index (κ3) is 1.82. The molecule has 0 saturated heterocycles. The van der Waals surface area contributed by atoms with E-state index < -0.39 is 0 Å². The Balaban J connectivity index is 2.46. The summed E-state index contributed by atoms with van der Waals surface area (Å²) in [5, 5.41) is 0.